The Bertz CT molecular complexity index is 740. The van der Waals surface area contributed by atoms with Crippen molar-refractivity contribution in [1.29, 1.82) is 0 Å². The quantitative estimate of drug-likeness (QED) is 0.700. The zero-order valence-corrected chi connectivity index (χ0v) is 15.8. The number of halogens is 2. The maximum atomic E-state index is 12.4. The van der Waals surface area contributed by atoms with Crippen LogP contribution in [0, 0.1) is 0 Å². The zero-order valence-electron chi connectivity index (χ0n) is 13.4. The molecular weight excluding hydrogens is 369 g/mol. The number of hydrogen-bond acceptors (Lipinski definition) is 4. The summed E-state index contributed by atoms with van der Waals surface area (Å²) in [5.74, 6) is 1.00. The second kappa shape index (κ2) is 8.51. The van der Waals surface area contributed by atoms with Crippen LogP contribution in [0.25, 0.3) is 0 Å². The van der Waals surface area contributed by atoms with Crippen LogP contribution < -0.4 is 14.8 Å². The number of methoxy groups -OCH3 is 2. The van der Waals surface area contributed by atoms with Gasteiger partial charge in [-0.3, -0.25) is 4.79 Å². The largest absolute Gasteiger partial charge is 0.493 e. The van der Waals surface area contributed by atoms with Gasteiger partial charge in [0.05, 0.1) is 24.5 Å². The molecule has 1 atom stereocenters. The van der Waals surface area contributed by atoms with Crippen molar-refractivity contribution in [2.45, 2.75) is 17.1 Å². The molecule has 24 heavy (non-hydrogen) atoms. The molecule has 0 aromatic heterocycles. The number of benzene rings is 2. The van der Waals surface area contributed by atoms with E-state index >= 15 is 0 Å². The molecule has 4 nitrogen and oxygen atoms in total. The maximum Gasteiger partial charge on any atom is 0.237 e. The van der Waals surface area contributed by atoms with E-state index in [2.05, 4.69) is 5.32 Å². The molecule has 0 aliphatic heterocycles. The second-order valence-electron chi connectivity index (χ2n) is 4.89. The highest BCUT2D eigenvalue weighted by Crippen LogP contribution is 2.34. The van der Waals surface area contributed by atoms with Gasteiger partial charge in [-0.2, -0.15) is 0 Å². The van der Waals surface area contributed by atoms with Crippen molar-refractivity contribution in [1.82, 2.24) is 0 Å². The third-order valence-corrected chi connectivity index (χ3v) is 5.05. The highest BCUT2D eigenvalue weighted by Gasteiger charge is 2.17. The Balaban J connectivity index is 2.07. The van der Waals surface area contributed by atoms with E-state index in [1.165, 1.54) is 11.8 Å². The molecule has 0 radical (unpaired) electrons. The third kappa shape index (κ3) is 4.72. The van der Waals surface area contributed by atoms with Gasteiger partial charge in [-0.1, -0.05) is 23.2 Å². The minimum atomic E-state index is -0.353. The van der Waals surface area contributed by atoms with Gasteiger partial charge in [-0.15, -0.1) is 11.8 Å². The first-order valence-corrected chi connectivity index (χ1v) is 8.72. The average Bonchev–Trinajstić information content (AvgIpc) is 2.57. The summed E-state index contributed by atoms with van der Waals surface area (Å²) in [6, 6.07) is 10.4. The molecule has 0 fully saturated rings. The molecule has 0 saturated carbocycles. The lowest BCUT2D eigenvalue weighted by Gasteiger charge is -2.14. The van der Waals surface area contributed by atoms with Crippen LogP contribution in [-0.2, 0) is 4.79 Å². The minimum absolute atomic E-state index is 0.150. The van der Waals surface area contributed by atoms with Gasteiger partial charge in [-0.05, 0) is 37.3 Å². The highest BCUT2D eigenvalue weighted by molar-refractivity contribution is 8.00. The van der Waals surface area contributed by atoms with Crippen LogP contribution in [0.5, 0.6) is 11.5 Å². The Morgan fingerprint density at radius 3 is 2.46 bits per heavy atom. The second-order valence-corrected chi connectivity index (χ2v) is 7.12. The number of carbonyl (C=O) groups excluding carboxylic acids is 1. The van der Waals surface area contributed by atoms with Gasteiger partial charge in [0, 0.05) is 21.7 Å². The van der Waals surface area contributed by atoms with Crippen LogP contribution in [0.3, 0.4) is 0 Å². The van der Waals surface area contributed by atoms with Gasteiger partial charge in [-0.25, -0.2) is 0 Å². The summed E-state index contributed by atoms with van der Waals surface area (Å²) in [6.45, 7) is 1.80. The van der Waals surface area contributed by atoms with Crippen molar-refractivity contribution in [3.05, 3.63) is 46.4 Å². The molecule has 0 heterocycles. The molecule has 0 aliphatic carbocycles. The van der Waals surface area contributed by atoms with Crippen LogP contribution in [0.2, 0.25) is 10.0 Å². The van der Waals surface area contributed by atoms with Crippen molar-refractivity contribution in [3.8, 4) is 11.5 Å². The highest BCUT2D eigenvalue weighted by atomic mass is 35.5. The lowest BCUT2D eigenvalue weighted by Crippen LogP contribution is -2.22. The molecule has 1 N–H and O–H groups in total. The summed E-state index contributed by atoms with van der Waals surface area (Å²) in [7, 11) is 3.10. The Morgan fingerprint density at radius 1 is 1.08 bits per heavy atom. The van der Waals surface area contributed by atoms with E-state index in [0.717, 1.165) is 4.90 Å². The van der Waals surface area contributed by atoms with E-state index in [1.54, 1.807) is 57.5 Å². The number of thioether (sulfide) groups is 1. The van der Waals surface area contributed by atoms with Crippen LogP contribution in [-0.4, -0.2) is 25.4 Å². The summed E-state index contributed by atoms with van der Waals surface area (Å²) in [5.41, 5.74) is 0.627. The van der Waals surface area contributed by atoms with E-state index in [1.807, 2.05) is 0 Å². The lowest BCUT2D eigenvalue weighted by molar-refractivity contribution is -0.115. The van der Waals surface area contributed by atoms with Crippen molar-refractivity contribution in [2.75, 3.05) is 19.5 Å². The molecule has 2 rings (SSSR count). The van der Waals surface area contributed by atoms with Crippen LogP contribution >= 0.6 is 35.0 Å². The van der Waals surface area contributed by atoms with Crippen molar-refractivity contribution < 1.29 is 14.3 Å². The molecule has 0 aliphatic rings. The number of amides is 1. The smallest absolute Gasteiger partial charge is 0.237 e. The SMILES string of the molecule is COc1ccc(NC(=O)[C@H](C)Sc2cc(Cl)ccc2Cl)cc1OC. The van der Waals surface area contributed by atoms with E-state index in [4.69, 9.17) is 32.7 Å². The predicted octanol–water partition coefficient (Wildman–Crippen LogP) is 5.13. The fraction of sp³-hybridized carbons (Fsp3) is 0.235. The normalized spacial score (nSPS) is 11.7. The molecule has 2 aromatic carbocycles. The number of carbonyl (C=O) groups is 1. The van der Waals surface area contributed by atoms with Gasteiger partial charge in [0.1, 0.15) is 0 Å². The number of anilines is 1. The van der Waals surface area contributed by atoms with E-state index in [9.17, 15) is 4.79 Å². The van der Waals surface area contributed by atoms with Crippen molar-refractivity contribution >= 4 is 46.6 Å². The van der Waals surface area contributed by atoms with Crippen LogP contribution in [0.1, 0.15) is 6.92 Å². The standard InChI is InChI=1S/C17H17Cl2NO3S/c1-10(24-16-8-11(18)4-6-13(16)19)17(21)20-12-5-7-14(22-2)15(9-12)23-3/h4-10H,1-3H3,(H,20,21)/t10-/m0/s1. The molecule has 7 heteroatoms. The average molecular weight is 386 g/mol. The number of rotatable bonds is 6. The number of hydrogen-bond donors (Lipinski definition) is 1. The van der Waals surface area contributed by atoms with Gasteiger partial charge in [0.2, 0.25) is 5.91 Å². The fourth-order valence-electron chi connectivity index (χ4n) is 1.97. The first-order valence-electron chi connectivity index (χ1n) is 7.09. The summed E-state index contributed by atoms with van der Waals surface area (Å²) in [5, 5.41) is 3.64. The van der Waals surface area contributed by atoms with E-state index in [-0.39, 0.29) is 11.2 Å². The molecule has 128 valence electrons. The molecule has 0 unspecified atom stereocenters. The Labute approximate surface area is 155 Å². The molecule has 1 amide bonds. The lowest BCUT2D eigenvalue weighted by atomic mass is 10.2. The first-order chi connectivity index (χ1) is 11.4. The first kappa shape index (κ1) is 18.8. The Kier molecular flexibility index (Phi) is 6.66. The van der Waals surface area contributed by atoms with Crippen molar-refractivity contribution in [2.24, 2.45) is 0 Å². The van der Waals surface area contributed by atoms with Gasteiger partial charge in [0.15, 0.2) is 11.5 Å². The van der Waals surface area contributed by atoms with Crippen LogP contribution in [0.15, 0.2) is 41.3 Å². The monoisotopic (exact) mass is 385 g/mol. The summed E-state index contributed by atoms with van der Waals surface area (Å²) < 4.78 is 10.4. The number of ether oxygens (including phenoxy) is 2. The Morgan fingerprint density at radius 2 is 1.79 bits per heavy atom. The molecule has 0 saturated heterocycles. The summed E-state index contributed by atoms with van der Waals surface area (Å²) in [4.78, 5) is 13.2. The molecule has 0 bridgehead atoms. The predicted molar refractivity (Wildman–Crippen MR) is 100.0 cm³/mol. The van der Waals surface area contributed by atoms with Crippen molar-refractivity contribution in [3.63, 3.8) is 0 Å². The van der Waals surface area contributed by atoms with Gasteiger partial charge in [0.25, 0.3) is 0 Å². The van der Waals surface area contributed by atoms with Gasteiger partial charge >= 0.3 is 0 Å². The van der Waals surface area contributed by atoms with E-state index in [0.29, 0.717) is 27.2 Å². The van der Waals surface area contributed by atoms with Gasteiger partial charge < -0.3 is 14.8 Å². The fourth-order valence-corrected chi connectivity index (χ4v) is 3.38. The zero-order chi connectivity index (χ0) is 17.7. The number of nitrogens with one attached hydrogen (secondary N) is 1. The topological polar surface area (TPSA) is 47.6 Å². The molecule has 0 spiro atoms. The molecule has 2 aromatic rings. The van der Waals surface area contributed by atoms with Crippen LogP contribution in [0.4, 0.5) is 5.69 Å². The Hall–Kier alpha value is -1.56. The maximum absolute atomic E-state index is 12.4. The summed E-state index contributed by atoms with van der Waals surface area (Å²) in [6.07, 6.45) is 0. The summed E-state index contributed by atoms with van der Waals surface area (Å²) >= 11 is 13.5. The van der Waals surface area contributed by atoms with E-state index < -0.39 is 0 Å². The minimum Gasteiger partial charge on any atom is -0.493 e. The third-order valence-electron chi connectivity index (χ3n) is 3.22. The molecular formula is C17H17Cl2NO3S.